The zero-order valence-corrected chi connectivity index (χ0v) is 14.9. The van der Waals surface area contributed by atoms with Crippen molar-refractivity contribution in [3.63, 3.8) is 0 Å². The van der Waals surface area contributed by atoms with Crippen molar-refractivity contribution >= 4 is 15.6 Å². The Bertz CT molecular complexity index is 1060. The van der Waals surface area contributed by atoms with Crippen LogP contribution >= 0.6 is 0 Å². The Morgan fingerprint density at radius 2 is 2.08 bits per heavy atom. The second kappa shape index (κ2) is 6.21. The van der Waals surface area contributed by atoms with Crippen LogP contribution in [0.1, 0.15) is 51.7 Å². The molecule has 1 aliphatic rings. The average molecular weight is 371 g/mol. The molecule has 0 aliphatic heterocycles. The molecule has 1 aliphatic carbocycles. The summed E-state index contributed by atoms with van der Waals surface area (Å²) in [5, 5.41) is 10.5. The molecule has 2 aromatic heterocycles. The van der Waals surface area contributed by atoms with Crippen LogP contribution in [0.5, 0.6) is 0 Å². The number of carbonyl (C=O) groups excluding carboxylic acids is 1. The minimum atomic E-state index is -3.38. The van der Waals surface area contributed by atoms with E-state index < -0.39 is 9.84 Å². The first-order chi connectivity index (χ1) is 12.4. The van der Waals surface area contributed by atoms with Gasteiger partial charge < -0.3 is 4.52 Å². The molecule has 1 N–H and O–H groups in total. The highest BCUT2D eigenvalue weighted by molar-refractivity contribution is 7.90. The zero-order chi connectivity index (χ0) is 18.3. The molecule has 4 rings (SSSR count). The average Bonchev–Trinajstić information content (AvgIpc) is 3.10. The topological polar surface area (TPSA) is 106 Å². The highest BCUT2D eigenvalue weighted by Gasteiger charge is 2.33. The summed E-state index contributed by atoms with van der Waals surface area (Å²) in [7, 11) is -3.38. The van der Waals surface area contributed by atoms with Crippen molar-refractivity contribution in [2.75, 3.05) is 6.26 Å². The van der Waals surface area contributed by atoms with Crippen molar-refractivity contribution in [1.29, 1.82) is 0 Å². The lowest BCUT2D eigenvalue weighted by atomic mass is 9.95. The van der Waals surface area contributed by atoms with Gasteiger partial charge in [-0.3, -0.25) is 9.89 Å². The molecule has 0 bridgehead atoms. The Kier molecular flexibility index (Phi) is 3.99. The second-order valence-corrected chi connectivity index (χ2v) is 8.57. The molecular formula is C18H17N3O4S. The molecule has 0 amide bonds. The normalized spacial score (nSPS) is 14.5. The predicted octanol–water partition coefficient (Wildman–Crippen LogP) is 2.50. The molecule has 26 heavy (non-hydrogen) atoms. The standard InChI is InChI=1S/C18H17N3O4S/c1-26(23,24)14-4-5-15(12(9-14)8-13-6-7-19-21-13)17(22)16-10-20-25-18(16)11-2-3-11/h4-7,9-11H,2-3,8H2,1H3,(H,19,21). The van der Waals surface area contributed by atoms with Crippen LogP contribution in [0.25, 0.3) is 0 Å². The fourth-order valence-electron chi connectivity index (χ4n) is 2.96. The van der Waals surface area contributed by atoms with E-state index in [9.17, 15) is 13.2 Å². The van der Waals surface area contributed by atoms with E-state index in [0.29, 0.717) is 28.9 Å². The third kappa shape index (κ3) is 3.20. The summed E-state index contributed by atoms with van der Waals surface area (Å²) in [6.07, 6.45) is 6.55. The van der Waals surface area contributed by atoms with Crippen LogP contribution in [0.4, 0.5) is 0 Å². The van der Waals surface area contributed by atoms with E-state index in [0.717, 1.165) is 24.8 Å². The molecule has 1 aromatic carbocycles. The minimum absolute atomic E-state index is 0.177. The highest BCUT2D eigenvalue weighted by atomic mass is 32.2. The van der Waals surface area contributed by atoms with Gasteiger partial charge in [0.1, 0.15) is 0 Å². The van der Waals surface area contributed by atoms with Gasteiger partial charge >= 0.3 is 0 Å². The number of nitrogens with one attached hydrogen (secondary N) is 1. The molecule has 2 heterocycles. The monoisotopic (exact) mass is 371 g/mol. The Balaban J connectivity index is 1.78. The van der Waals surface area contributed by atoms with Crippen molar-refractivity contribution in [2.45, 2.75) is 30.1 Å². The number of hydrogen-bond acceptors (Lipinski definition) is 6. The molecule has 0 radical (unpaired) electrons. The molecule has 7 nitrogen and oxygen atoms in total. The SMILES string of the molecule is CS(=O)(=O)c1ccc(C(=O)c2cnoc2C2CC2)c(Cc2ccn[nH]2)c1. The van der Waals surface area contributed by atoms with Gasteiger partial charge in [0.25, 0.3) is 0 Å². The van der Waals surface area contributed by atoms with Gasteiger partial charge in [0.15, 0.2) is 21.4 Å². The summed E-state index contributed by atoms with van der Waals surface area (Å²) in [6.45, 7) is 0. The molecule has 3 aromatic rings. The fourth-order valence-corrected chi connectivity index (χ4v) is 3.63. The quantitative estimate of drug-likeness (QED) is 0.667. The van der Waals surface area contributed by atoms with Crippen LogP contribution in [-0.4, -0.2) is 35.8 Å². The second-order valence-electron chi connectivity index (χ2n) is 6.56. The van der Waals surface area contributed by atoms with Crippen LogP contribution in [0.3, 0.4) is 0 Å². The zero-order valence-electron chi connectivity index (χ0n) is 14.1. The van der Waals surface area contributed by atoms with E-state index in [4.69, 9.17) is 4.52 Å². The van der Waals surface area contributed by atoms with E-state index in [1.165, 1.54) is 12.3 Å². The maximum atomic E-state index is 13.1. The molecule has 1 fully saturated rings. The molecule has 0 spiro atoms. The summed E-state index contributed by atoms with van der Waals surface area (Å²) >= 11 is 0. The first kappa shape index (κ1) is 16.7. The van der Waals surface area contributed by atoms with Gasteiger partial charge in [-0.05, 0) is 42.7 Å². The number of ketones is 1. The number of aromatic amines is 1. The molecule has 0 atom stereocenters. The number of nitrogens with zero attached hydrogens (tertiary/aromatic N) is 2. The smallest absolute Gasteiger partial charge is 0.198 e. The predicted molar refractivity (Wildman–Crippen MR) is 92.9 cm³/mol. The van der Waals surface area contributed by atoms with E-state index in [1.807, 2.05) is 0 Å². The summed E-state index contributed by atoms with van der Waals surface area (Å²) in [5.41, 5.74) is 2.30. The number of benzene rings is 1. The Hall–Kier alpha value is -2.74. The molecular weight excluding hydrogens is 354 g/mol. The van der Waals surface area contributed by atoms with E-state index >= 15 is 0 Å². The molecule has 134 valence electrons. The largest absolute Gasteiger partial charge is 0.360 e. The minimum Gasteiger partial charge on any atom is -0.360 e. The lowest BCUT2D eigenvalue weighted by Gasteiger charge is -2.10. The number of sulfone groups is 1. The number of hydrogen-bond donors (Lipinski definition) is 1. The van der Waals surface area contributed by atoms with Crippen LogP contribution in [0.15, 0.2) is 46.1 Å². The van der Waals surface area contributed by atoms with E-state index in [1.54, 1.807) is 24.4 Å². The summed E-state index contributed by atoms with van der Waals surface area (Å²) in [6, 6.07) is 6.36. The Morgan fingerprint density at radius 1 is 1.27 bits per heavy atom. The third-order valence-electron chi connectivity index (χ3n) is 4.48. The summed E-state index contributed by atoms with van der Waals surface area (Å²) in [5.74, 6) is 0.667. The molecule has 1 saturated carbocycles. The van der Waals surface area contributed by atoms with Crippen LogP contribution in [0, 0.1) is 0 Å². The van der Waals surface area contributed by atoms with Crippen molar-refractivity contribution in [1.82, 2.24) is 15.4 Å². The van der Waals surface area contributed by atoms with Gasteiger partial charge in [-0.2, -0.15) is 5.10 Å². The Morgan fingerprint density at radius 3 is 2.73 bits per heavy atom. The first-order valence-corrected chi connectivity index (χ1v) is 10.1. The fraction of sp³-hybridized carbons (Fsp3) is 0.278. The molecule has 0 unspecified atom stereocenters. The van der Waals surface area contributed by atoms with Gasteiger partial charge in [0.2, 0.25) is 0 Å². The van der Waals surface area contributed by atoms with E-state index in [2.05, 4.69) is 15.4 Å². The van der Waals surface area contributed by atoms with Crippen LogP contribution in [-0.2, 0) is 16.3 Å². The van der Waals surface area contributed by atoms with Gasteiger partial charge in [-0.1, -0.05) is 5.16 Å². The van der Waals surface area contributed by atoms with Gasteiger partial charge in [0.05, 0.1) is 16.7 Å². The lowest BCUT2D eigenvalue weighted by Crippen LogP contribution is -2.09. The number of rotatable bonds is 6. The number of carbonyl (C=O) groups is 1. The van der Waals surface area contributed by atoms with Crippen molar-refractivity contribution in [3.05, 3.63) is 64.8 Å². The highest BCUT2D eigenvalue weighted by Crippen LogP contribution is 2.42. The number of H-pyrrole nitrogens is 1. The molecule has 8 heteroatoms. The van der Waals surface area contributed by atoms with Crippen molar-refractivity contribution in [2.24, 2.45) is 0 Å². The molecule has 0 saturated heterocycles. The maximum absolute atomic E-state index is 13.1. The van der Waals surface area contributed by atoms with Crippen LogP contribution < -0.4 is 0 Å². The Labute approximate surface area is 150 Å². The summed E-state index contributed by atoms with van der Waals surface area (Å²) < 4.78 is 29.1. The number of aromatic nitrogens is 3. The van der Waals surface area contributed by atoms with Crippen molar-refractivity contribution < 1.29 is 17.7 Å². The van der Waals surface area contributed by atoms with Crippen LogP contribution in [0.2, 0.25) is 0 Å². The van der Waals surface area contributed by atoms with Gasteiger partial charge in [0, 0.05) is 36.0 Å². The van der Waals surface area contributed by atoms with Crippen molar-refractivity contribution in [3.8, 4) is 0 Å². The van der Waals surface area contributed by atoms with Gasteiger partial charge in [-0.25, -0.2) is 8.42 Å². The third-order valence-corrected chi connectivity index (χ3v) is 5.59. The van der Waals surface area contributed by atoms with E-state index in [-0.39, 0.29) is 16.6 Å². The maximum Gasteiger partial charge on any atom is 0.198 e. The summed E-state index contributed by atoms with van der Waals surface area (Å²) in [4.78, 5) is 13.3. The first-order valence-electron chi connectivity index (χ1n) is 8.24. The lowest BCUT2D eigenvalue weighted by molar-refractivity contribution is 0.103. The van der Waals surface area contributed by atoms with Gasteiger partial charge in [-0.15, -0.1) is 0 Å².